The van der Waals surface area contributed by atoms with Crippen LogP contribution < -0.4 is 11.1 Å². The highest BCUT2D eigenvalue weighted by Gasteiger charge is 2.28. The minimum atomic E-state index is -0.438. The molecular weight excluding hydrogens is 236 g/mol. The van der Waals surface area contributed by atoms with Crippen molar-refractivity contribution >= 4 is 18.3 Å². The third-order valence-electron chi connectivity index (χ3n) is 3.06. The van der Waals surface area contributed by atoms with Gasteiger partial charge < -0.3 is 11.1 Å². The molecule has 0 aliphatic rings. The molecule has 0 aromatic rings. The highest BCUT2D eigenvalue weighted by molar-refractivity contribution is 5.85. The molecule has 3 nitrogen and oxygen atoms in total. The lowest BCUT2D eigenvalue weighted by atomic mass is 9.86. The third-order valence-corrected chi connectivity index (χ3v) is 3.06. The molecule has 17 heavy (non-hydrogen) atoms. The number of hydrogen-bond donors (Lipinski definition) is 2. The van der Waals surface area contributed by atoms with Crippen molar-refractivity contribution in [3.63, 3.8) is 0 Å². The van der Waals surface area contributed by atoms with Gasteiger partial charge in [0, 0.05) is 6.04 Å². The van der Waals surface area contributed by atoms with Crippen molar-refractivity contribution in [3.8, 4) is 0 Å². The van der Waals surface area contributed by atoms with Crippen LogP contribution in [0.15, 0.2) is 0 Å². The maximum absolute atomic E-state index is 11.8. The Bertz CT molecular complexity index is 226. The van der Waals surface area contributed by atoms with Gasteiger partial charge in [-0.3, -0.25) is 4.79 Å². The highest BCUT2D eigenvalue weighted by Crippen LogP contribution is 2.18. The van der Waals surface area contributed by atoms with Crippen molar-refractivity contribution in [2.45, 2.75) is 66.5 Å². The van der Waals surface area contributed by atoms with E-state index in [9.17, 15) is 4.79 Å². The lowest BCUT2D eigenvalue weighted by Gasteiger charge is -2.28. The number of halogens is 1. The van der Waals surface area contributed by atoms with E-state index in [2.05, 4.69) is 19.2 Å². The number of nitrogens with two attached hydrogens (primary N) is 1. The molecule has 4 heteroatoms. The van der Waals surface area contributed by atoms with Gasteiger partial charge in [-0.25, -0.2) is 0 Å². The summed E-state index contributed by atoms with van der Waals surface area (Å²) in [6.45, 7) is 12.4. The highest BCUT2D eigenvalue weighted by atomic mass is 35.5. The van der Waals surface area contributed by atoms with E-state index in [1.54, 1.807) is 0 Å². The number of carbonyl (C=O) groups excluding carboxylic acids is 1. The average Bonchev–Trinajstić information content (AvgIpc) is 2.14. The van der Waals surface area contributed by atoms with E-state index in [1.807, 2.05) is 27.7 Å². The lowest BCUT2D eigenvalue weighted by Crippen LogP contribution is -2.51. The molecule has 3 N–H and O–H groups in total. The van der Waals surface area contributed by atoms with E-state index in [-0.39, 0.29) is 29.8 Å². The van der Waals surface area contributed by atoms with Crippen molar-refractivity contribution in [2.75, 3.05) is 0 Å². The Morgan fingerprint density at radius 1 is 1.29 bits per heavy atom. The standard InChI is InChI=1S/C13H28N2O.ClH/c1-7-9(2)8-10(3)15-12(16)11(14)13(4,5)6;/h9-11H,7-8,14H2,1-6H3,(H,15,16);1H/t9?,10?,11-;/m1./s1. The first-order chi connectivity index (χ1) is 7.18. The minimum absolute atomic E-state index is 0. The van der Waals surface area contributed by atoms with E-state index < -0.39 is 6.04 Å². The van der Waals surface area contributed by atoms with E-state index in [0.717, 1.165) is 12.8 Å². The monoisotopic (exact) mass is 264 g/mol. The molecule has 0 aliphatic heterocycles. The Morgan fingerprint density at radius 3 is 2.12 bits per heavy atom. The van der Waals surface area contributed by atoms with Gasteiger partial charge in [-0.2, -0.15) is 0 Å². The van der Waals surface area contributed by atoms with Crippen molar-refractivity contribution < 1.29 is 4.79 Å². The maximum atomic E-state index is 11.8. The summed E-state index contributed by atoms with van der Waals surface area (Å²) in [6, 6.07) is -0.234. The van der Waals surface area contributed by atoms with Crippen LogP contribution >= 0.6 is 12.4 Å². The molecule has 0 bridgehead atoms. The molecule has 0 spiro atoms. The van der Waals surface area contributed by atoms with E-state index in [1.165, 1.54) is 0 Å². The fraction of sp³-hybridized carbons (Fsp3) is 0.923. The van der Waals surface area contributed by atoms with Crippen LogP contribution in [0.3, 0.4) is 0 Å². The van der Waals surface area contributed by atoms with Crippen molar-refractivity contribution in [2.24, 2.45) is 17.1 Å². The number of carbonyl (C=O) groups is 1. The molecule has 2 unspecified atom stereocenters. The largest absolute Gasteiger partial charge is 0.352 e. The molecule has 0 aromatic heterocycles. The summed E-state index contributed by atoms with van der Waals surface area (Å²) in [6.07, 6.45) is 2.16. The SMILES string of the molecule is CCC(C)CC(C)NC(=O)[C@@H](N)C(C)(C)C.Cl. The zero-order chi connectivity index (χ0) is 12.9. The quantitative estimate of drug-likeness (QED) is 0.802. The topological polar surface area (TPSA) is 55.1 Å². The first kappa shape index (κ1) is 19.1. The molecule has 0 aliphatic carbocycles. The molecule has 3 atom stereocenters. The van der Waals surface area contributed by atoms with Crippen LogP contribution in [0.25, 0.3) is 0 Å². The van der Waals surface area contributed by atoms with Gasteiger partial charge >= 0.3 is 0 Å². The van der Waals surface area contributed by atoms with Gasteiger partial charge in [-0.15, -0.1) is 12.4 Å². The van der Waals surface area contributed by atoms with Crippen molar-refractivity contribution in [3.05, 3.63) is 0 Å². The lowest BCUT2D eigenvalue weighted by molar-refractivity contribution is -0.125. The fourth-order valence-corrected chi connectivity index (χ4v) is 1.56. The molecule has 0 saturated carbocycles. The Balaban J connectivity index is 0. The van der Waals surface area contributed by atoms with Gasteiger partial charge in [0.05, 0.1) is 6.04 Å². The Kier molecular flexibility index (Phi) is 8.90. The second-order valence-corrected chi connectivity index (χ2v) is 6.00. The summed E-state index contributed by atoms with van der Waals surface area (Å²) in [7, 11) is 0. The number of nitrogens with one attached hydrogen (secondary N) is 1. The van der Waals surface area contributed by atoms with Crippen LogP contribution in [-0.4, -0.2) is 18.0 Å². The number of amides is 1. The van der Waals surface area contributed by atoms with Crippen LogP contribution in [0.2, 0.25) is 0 Å². The Labute approximate surface area is 112 Å². The summed E-state index contributed by atoms with van der Waals surface area (Å²) in [4.78, 5) is 11.8. The first-order valence-electron chi connectivity index (χ1n) is 6.24. The van der Waals surface area contributed by atoms with Gasteiger partial charge in [0.1, 0.15) is 0 Å². The zero-order valence-corrected chi connectivity index (χ0v) is 12.9. The summed E-state index contributed by atoms with van der Waals surface area (Å²) >= 11 is 0. The smallest absolute Gasteiger partial charge is 0.237 e. The van der Waals surface area contributed by atoms with Crippen LogP contribution in [0, 0.1) is 11.3 Å². The first-order valence-corrected chi connectivity index (χ1v) is 6.24. The van der Waals surface area contributed by atoms with Gasteiger partial charge in [0.2, 0.25) is 5.91 Å². The normalized spacial score (nSPS) is 16.6. The zero-order valence-electron chi connectivity index (χ0n) is 12.0. The van der Waals surface area contributed by atoms with Crippen LogP contribution in [0.1, 0.15) is 54.4 Å². The molecule has 0 rings (SSSR count). The third kappa shape index (κ3) is 7.61. The second-order valence-electron chi connectivity index (χ2n) is 6.00. The summed E-state index contributed by atoms with van der Waals surface area (Å²) in [5, 5.41) is 2.99. The molecule has 0 heterocycles. The predicted molar refractivity (Wildman–Crippen MR) is 76.4 cm³/mol. The van der Waals surface area contributed by atoms with E-state index in [4.69, 9.17) is 5.73 Å². The summed E-state index contributed by atoms with van der Waals surface area (Å²) in [5.41, 5.74) is 5.71. The molecular formula is C13H29ClN2O. The second kappa shape index (κ2) is 7.93. The summed E-state index contributed by atoms with van der Waals surface area (Å²) < 4.78 is 0. The number of hydrogen-bond acceptors (Lipinski definition) is 2. The van der Waals surface area contributed by atoms with E-state index in [0.29, 0.717) is 5.92 Å². The van der Waals surface area contributed by atoms with E-state index >= 15 is 0 Å². The van der Waals surface area contributed by atoms with Gasteiger partial charge in [-0.1, -0.05) is 41.0 Å². The maximum Gasteiger partial charge on any atom is 0.237 e. The van der Waals surface area contributed by atoms with Crippen LogP contribution in [-0.2, 0) is 4.79 Å². The predicted octanol–water partition coefficient (Wildman–Crippen LogP) is 2.72. The number of rotatable bonds is 5. The molecule has 0 radical (unpaired) electrons. The molecule has 0 aromatic carbocycles. The molecule has 104 valence electrons. The molecule has 0 fully saturated rings. The van der Waals surface area contributed by atoms with Gasteiger partial charge in [0.25, 0.3) is 0 Å². The van der Waals surface area contributed by atoms with Crippen LogP contribution in [0.4, 0.5) is 0 Å². The summed E-state index contributed by atoms with van der Waals surface area (Å²) in [5.74, 6) is 0.601. The average molecular weight is 265 g/mol. The van der Waals surface area contributed by atoms with Crippen molar-refractivity contribution in [1.29, 1.82) is 0 Å². The molecule has 0 saturated heterocycles. The van der Waals surface area contributed by atoms with Crippen LogP contribution in [0.5, 0.6) is 0 Å². The van der Waals surface area contributed by atoms with Gasteiger partial charge in [0.15, 0.2) is 0 Å². The molecule has 1 amide bonds. The Morgan fingerprint density at radius 2 is 1.76 bits per heavy atom. The fourth-order valence-electron chi connectivity index (χ4n) is 1.56. The Hall–Kier alpha value is -0.280. The van der Waals surface area contributed by atoms with Gasteiger partial charge in [-0.05, 0) is 24.7 Å². The van der Waals surface area contributed by atoms with Crippen molar-refractivity contribution in [1.82, 2.24) is 5.32 Å². The minimum Gasteiger partial charge on any atom is -0.352 e.